The van der Waals surface area contributed by atoms with E-state index in [2.05, 4.69) is 10.6 Å². The van der Waals surface area contributed by atoms with Gasteiger partial charge in [-0.2, -0.15) is 0 Å². The van der Waals surface area contributed by atoms with Crippen molar-refractivity contribution in [3.05, 3.63) is 29.3 Å². The van der Waals surface area contributed by atoms with Crippen molar-refractivity contribution in [1.82, 2.24) is 10.2 Å². The molecule has 0 bridgehead atoms. The average Bonchev–Trinajstić information content (AvgIpc) is 2.81. The Morgan fingerprint density at radius 2 is 1.96 bits per heavy atom. The van der Waals surface area contributed by atoms with Crippen LogP contribution < -0.4 is 10.6 Å². The van der Waals surface area contributed by atoms with Crippen LogP contribution >= 0.6 is 0 Å². The molecule has 0 radical (unpaired) electrons. The molecule has 2 N–H and O–H groups in total. The fourth-order valence-electron chi connectivity index (χ4n) is 2.92. The van der Waals surface area contributed by atoms with E-state index in [1.54, 1.807) is 0 Å². The van der Waals surface area contributed by atoms with Gasteiger partial charge in [-0.05, 0) is 30.4 Å². The van der Waals surface area contributed by atoms with Crippen LogP contribution in [0.5, 0.6) is 0 Å². The van der Waals surface area contributed by atoms with Gasteiger partial charge in [0.1, 0.15) is 22.4 Å². The van der Waals surface area contributed by atoms with Gasteiger partial charge in [-0.25, -0.2) is 13.2 Å². The molecule has 0 saturated carbocycles. The van der Waals surface area contributed by atoms with Crippen LogP contribution in [-0.2, 0) is 19.4 Å². The largest absolute Gasteiger partial charge is 0.326 e. The van der Waals surface area contributed by atoms with E-state index in [0.717, 1.165) is 22.3 Å². The second kappa shape index (κ2) is 8.08. The predicted molar refractivity (Wildman–Crippen MR) is 102 cm³/mol. The first-order valence-corrected chi connectivity index (χ1v) is 10.7. The van der Waals surface area contributed by atoms with Gasteiger partial charge in [-0.1, -0.05) is 32.0 Å². The number of hydrogen-bond donors (Lipinski definition) is 2. The molecule has 2 rings (SSSR count). The number of benzene rings is 1. The number of nitrogens with zero attached hydrogens (tertiary/aromatic N) is 1. The van der Waals surface area contributed by atoms with Crippen molar-refractivity contribution in [2.24, 2.45) is 0 Å². The van der Waals surface area contributed by atoms with Gasteiger partial charge in [0.25, 0.3) is 5.91 Å². The van der Waals surface area contributed by atoms with E-state index in [-0.39, 0.29) is 18.1 Å². The van der Waals surface area contributed by atoms with Crippen molar-refractivity contribution in [3.8, 4) is 0 Å². The Morgan fingerprint density at radius 1 is 1.30 bits per heavy atom. The first kappa shape index (κ1) is 20.9. The van der Waals surface area contributed by atoms with Crippen molar-refractivity contribution < 1.29 is 22.8 Å². The van der Waals surface area contributed by atoms with Gasteiger partial charge >= 0.3 is 6.03 Å². The van der Waals surface area contributed by atoms with Crippen LogP contribution in [0, 0.1) is 6.92 Å². The zero-order chi connectivity index (χ0) is 20.4. The topological polar surface area (TPSA) is 113 Å². The van der Waals surface area contributed by atoms with Crippen molar-refractivity contribution in [2.75, 3.05) is 23.9 Å². The number of sulfone groups is 1. The Labute approximate surface area is 159 Å². The van der Waals surface area contributed by atoms with Crippen LogP contribution in [-0.4, -0.2) is 55.8 Å². The number of hydrogen-bond acceptors (Lipinski definition) is 5. The highest BCUT2D eigenvalue weighted by molar-refractivity contribution is 7.90. The number of carbonyl (C=O) groups excluding carboxylic acids is 3. The van der Waals surface area contributed by atoms with Crippen LogP contribution in [0.4, 0.5) is 10.5 Å². The summed E-state index contributed by atoms with van der Waals surface area (Å²) in [4.78, 5) is 37.6. The minimum Gasteiger partial charge on any atom is -0.326 e. The molecule has 0 aliphatic carbocycles. The summed E-state index contributed by atoms with van der Waals surface area (Å²) >= 11 is 0. The van der Waals surface area contributed by atoms with Crippen LogP contribution in [0.3, 0.4) is 0 Å². The minimum absolute atomic E-state index is 0.0170. The van der Waals surface area contributed by atoms with Crippen molar-refractivity contribution in [2.45, 2.75) is 39.2 Å². The number of carbonyl (C=O) groups is 3. The lowest BCUT2D eigenvalue weighted by Gasteiger charge is -2.18. The normalized spacial score (nSPS) is 17.4. The number of aryl methyl sites for hydroxylation is 1. The van der Waals surface area contributed by atoms with Gasteiger partial charge in [-0.15, -0.1) is 0 Å². The Balaban J connectivity index is 2.06. The zero-order valence-electron chi connectivity index (χ0n) is 15.9. The molecule has 1 saturated heterocycles. The highest BCUT2D eigenvalue weighted by atomic mass is 32.2. The standard InChI is InChI=1S/C18H25N3O5S/c1-11(2)13-7-5-6-12(3)16(13)20-15(22)10-21-17(23)14(19-18(21)24)8-9-27(4,25)26/h5-7,11,14H,8-10H2,1-4H3,(H,19,24)(H,20,22)/t14-/m1/s1. The average molecular weight is 395 g/mol. The van der Waals surface area contributed by atoms with Crippen molar-refractivity contribution in [1.29, 1.82) is 0 Å². The smallest absolute Gasteiger partial charge is 0.325 e. The predicted octanol–water partition coefficient (Wildman–Crippen LogP) is 1.41. The summed E-state index contributed by atoms with van der Waals surface area (Å²) in [6.45, 7) is 5.46. The molecule has 1 atom stereocenters. The quantitative estimate of drug-likeness (QED) is 0.678. The molecule has 4 amide bonds. The molecule has 0 aromatic heterocycles. The van der Waals surface area contributed by atoms with Crippen molar-refractivity contribution >= 4 is 33.4 Å². The molecule has 8 nitrogen and oxygen atoms in total. The third-order valence-corrected chi connectivity index (χ3v) is 5.35. The molecule has 1 heterocycles. The van der Waals surface area contributed by atoms with Crippen LogP contribution in [0.1, 0.15) is 37.3 Å². The van der Waals surface area contributed by atoms with Gasteiger partial charge in [0.2, 0.25) is 5.91 Å². The highest BCUT2D eigenvalue weighted by Crippen LogP contribution is 2.27. The lowest BCUT2D eigenvalue weighted by atomic mass is 9.98. The Kier molecular flexibility index (Phi) is 6.25. The fraction of sp³-hybridized carbons (Fsp3) is 0.500. The summed E-state index contributed by atoms with van der Waals surface area (Å²) in [5.74, 6) is -1.10. The molecule has 1 aliphatic rings. The Morgan fingerprint density at radius 3 is 2.56 bits per heavy atom. The van der Waals surface area contributed by atoms with Gasteiger partial charge in [-0.3, -0.25) is 14.5 Å². The maximum Gasteiger partial charge on any atom is 0.325 e. The number of amides is 4. The number of imide groups is 1. The molecule has 27 heavy (non-hydrogen) atoms. The zero-order valence-corrected chi connectivity index (χ0v) is 16.7. The van der Waals surface area contributed by atoms with Crippen LogP contribution in [0.25, 0.3) is 0 Å². The summed E-state index contributed by atoms with van der Waals surface area (Å²) in [6.07, 6.45) is 1.05. The van der Waals surface area contributed by atoms with Crippen LogP contribution in [0.15, 0.2) is 18.2 Å². The van der Waals surface area contributed by atoms with E-state index in [1.807, 2.05) is 39.0 Å². The lowest BCUT2D eigenvalue weighted by molar-refractivity contribution is -0.130. The third-order valence-electron chi connectivity index (χ3n) is 4.38. The maximum atomic E-state index is 12.4. The number of urea groups is 1. The number of rotatable bonds is 7. The summed E-state index contributed by atoms with van der Waals surface area (Å²) in [7, 11) is -3.25. The Hall–Kier alpha value is -2.42. The van der Waals surface area contributed by atoms with E-state index in [4.69, 9.17) is 0 Å². The first-order chi connectivity index (χ1) is 12.5. The molecule has 1 aromatic rings. The molecule has 9 heteroatoms. The molecule has 0 spiro atoms. The summed E-state index contributed by atoms with van der Waals surface area (Å²) in [5, 5.41) is 5.22. The second-order valence-electron chi connectivity index (χ2n) is 7.09. The summed E-state index contributed by atoms with van der Waals surface area (Å²) in [6, 6.07) is 4.08. The molecule has 1 aromatic carbocycles. The first-order valence-electron chi connectivity index (χ1n) is 8.68. The van der Waals surface area contributed by atoms with Crippen molar-refractivity contribution in [3.63, 3.8) is 0 Å². The maximum absolute atomic E-state index is 12.4. The number of nitrogens with one attached hydrogen (secondary N) is 2. The van der Waals surface area contributed by atoms with Gasteiger partial charge in [0.15, 0.2) is 0 Å². The second-order valence-corrected chi connectivity index (χ2v) is 9.35. The Bertz CT molecular complexity index is 864. The van der Waals surface area contributed by atoms with E-state index < -0.39 is 40.3 Å². The van der Waals surface area contributed by atoms with E-state index >= 15 is 0 Å². The number of anilines is 1. The molecular formula is C18H25N3O5S. The van der Waals surface area contributed by atoms with E-state index in [1.165, 1.54) is 0 Å². The lowest BCUT2D eigenvalue weighted by Crippen LogP contribution is -2.38. The molecule has 1 fully saturated rings. The van der Waals surface area contributed by atoms with Crippen LogP contribution in [0.2, 0.25) is 0 Å². The van der Waals surface area contributed by atoms with E-state index in [0.29, 0.717) is 5.69 Å². The molecule has 148 valence electrons. The van der Waals surface area contributed by atoms with Gasteiger partial charge < -0.3 is 10.6 Å². The summed E-state index contributed by atoms with van der Waals surface area (Å²) in [5.41, 5.74) is 2.53. The number of para-hydroxylation sites is 1. The molecular weight excluding hydrogens is 370 g/mol. The SMILES string of the molecule is Cc1cccc(C(C)C)c1NC(=O)CN1C(=O)N[C@H](CCS(C)(=O)=O)C1=O. The summed E-state index contributed by atoms with van der Waals surface area (Å²) < 4.78 is 22.5. The van der Waals surface area contributed by atoms with Gasteiger partial charge in [0, 0.05) is 11.9 Å². The molecule has 0 unspecified atom stereocenters. The van der Waals surface area contributed by atoms with E-state index in [9.17, 15) is 22.8 Å². The third kappa shape index (κ3) is 5.29. The van der Waals surface area contributed by atoms with Gasteiger partial charge in [0.05, 0.1) is 5.75 Å². The highest BCUT2D eigenvalue weighted by Gasteiger charge is 2.39. The fourth-order valence-corrected chi connectivity index (χ4v) is 3.58. The minimum atomic E-state index is -3.25. The molecule has 1 aliphatic heterocycles. The monoisotopic (exact) mass is 395 g/mol.